The minimum absolute atomic E-state index is 0.0121. The molecular formula is C22H25FN2O3. The van der Waals surface area contributed by atoms with Gasteiger partial charge in [0.05, 0.1) is 11.1 Å². The molecule has 1 aliphatic heterocycles. The molecule has 148 valence electrons. The maximum absolute atomic E-state index is 13.1. The molecule has 6 heteroatoms. The van der Waals surface area contributed by atoms with Crippen LogP contribution in [0.25, 0.3) is 0 Å². The molecule has 0 atom stereocenters. The van der Waals surface area contributed by atoms with Crippen molar-refractivity contribution in [1.29, 1.82) is 0 Å². The number of halogens is 1. The van der Waals surface area contributed by atoms with Gasteiger partial charge in [0, 0.05) is 17.8 Å². The van der Waals surface area contributed by atoms with E-state index in [1.807, 2.05) is 27.7 Å². The standard InChI is InChI=1S/C22H25FN2O3/c1-14(2)12-25-18-11-17(24-20(26)15-5-7-16(23)8-6-15)9-10-19(18)28-13-22(3,4)21(25)27/h5-11,14H,12-13H2,1-4H3,(H,24,26). The summed E-state index contributed by atoms with van der Waals surface area (Å²) in [4.78, 5) is 27.3. The van der Waals surface area contributed by atoms with Crippen LogP contribution in [-0.2, 0) is 4.79 Å². The van der Waals surface area contributed by atoms with Crippen molar-refractivity contribution >= 4 is 23.2 Å². The summed E-state index contributed by atoms with van der Waals surface area (Å²) in [6.07, 6.45) is 0. The molecule has 3 rings (SSSR count). The molecule has 1 heterocycles. The Morgan fingerprint density at radius 3 is 2.54 bits per heavy atom. The normalized spacial score (nSPS) is 15.6. The van der Waals surface area contributed by atoms with Crippen molar-refractivity contribution in [3.8, 4) is 5.75 Å². The average molecular weight is 384 g/mol. The highest BCUT2D eigenvalue weighted by Gasteiger charge is 2.38. The Balaban J connectivity index is 1.92. The molecule has 0 aromatic heterocycles. The lowest BCUT2D eigenvalue weighted by atomic mass is 9.92. The molecule has 1 aliphatic rings. The summed E-state index contributed by atoms with van der Waals surface area (Å²) < 4.78 is 19.0. The largest absolute Gasteiger partial charge is 0.490 e. The van der Waals surface area contributed by atoms with E-state index in [1.54, 1.807) is 23.1 Å². The first kappa shape index (κ1) is 19.9. The smallest absolute Gasteiger partial charge is 0.255 e. The van der Waals surface area contributed by atoms with E-state index >= 15 is 0 Å². The Hall–Kier alpha value is -2.89. The molecule has 0 saturated heterocycles. The van der Waals surface area contributed by atoms with Gasteiger partial charge in [-0.1, -0.05) is 13.8 Å². The summed E-state index contributed by atoms with van der Waals surface area (Å²) in [6.45, 7) is 8.66. The van der Waals surface area contributed by atoms with Crippen molar-refractivity contribution < 1.29 is 18.7 Å². The van der Waals surface area contributed by atoms with Crippen LogP contribution in [0.2, 0.25) is 0 Å². The summed E-state index contributed by atoms with van der Waals surface area (Å²) in [7, 11) is 0. The van der Waals surface area contributed by atoms with Crippen LogP contribution in [-0.4, -0.2) is 25.0 Å². The van der Waals surface area contributed by atoms with Gasteiger partial charge < -0.3 is 15.0 Å². The van der Waals surface area contributed by atoms with Crippen LogP contribution in [0.1, 0.15) is 38.1 Å². The van der Waals surface area contributed by atoms with E-state index in [0.29, 0.717) is 29.2 Å². The Labute approximate surface area is 164 Å². The van der Waals surface area contributed by atoms with Crippen molar-refractivity contribution in [2.75, 3.05) is 23.4 Å². The highest BCUT2D eigenvalue weighted by Crippen LogP contribution is 2.38. The van der Waals surface area contributed by atoms with Gasteiger partial charge in [-0.25, -0.2) is 4.39 Å². The van der Waals surface area contributed by atoms with Crippen LogP contribution < -0.4 is 15.0 Å². The van der Waals surface area contributed by atoms with E-state index < -0.39 is 11.2 Å². The third-order valence-corrected chi connectivity index (χ3v) is 4.57. The Morgan fingerprint density at radius 1 is 1.21 bits per heavy atom. The highest BCUT2D eigenvalue weighted by molar-refractivity contribution is 6.05. The lowest BCUT2D eigenvalue weighted by molar-refractivity contribution is -0.127. The van der Waals surface area contributed by atoms with Gasteiger partial charge in [-0.05, 0) is 62.2 Å². The number of anilines is 2. The van der Waals surface area contributed by atoms with E-state index in [2.05, 4.69) is 5.32 Å². The molecule has 5 nitrogen and oxygen atoms in total. The zero-order chi connectivity index (χ0) is 20.5. The number of nitrogens with zero attached hydrogens (tertiary/aromatic N) is 1. The number of ether oxygens (including phenoxy) is 1. The second-order valence-electron chi connectivity index (χ2n) is 8.13. The summed E-state index contributed by atoms with van der Waals surface area (Å²) in [5, 5.41) is 2.80. The SMILES string of the molecule is CC(C)CN1C(=O)C(C)(C)COc2ccc(NC(=O)c3ccc(F)cc3)cc21. The molecule has 0 radical (unpaired) electrons. The quantitative estimate of drug-likeness (QED) is 0.845. The molecule has 0 spiro atoms. The number of amides is 2. The molecule has 0 aliphatic carbocycles. The number of hydrogen-bond acceptors (Lipinski definition) is 3. The minimum Gasteiger partial charge on any atom is -0.490 e. The minimum atomic E-state index is -0.647. The van der Waals surface area contributed by atoms with E-state index in [9.17, 15) is 14.0 Å². The van der Waals surface area contributed by atoms with Gasteiger partial charge in [0.15, 0.2) is 0 Å². The topological polar surface area (TPSA) is 58.6 Å². The fourth-order valence-corrected chi connectivity index (χ4v) is 3.07. The molecule has 2 aromatic carbocycles. The van der Waals surface area contributed by atoms with Crippen LogP contribution in [0.15, 0.2) is 42.5 Å². The van der Waals surface area contributed by atoms with Crippen molar-refractivity contribution in [3.05, 3.63) is 53.8 Å². The van der Waals surface area contributed by atoms with Crippen LogP contribution in [0.4, 0.5) is 15.8 Å². The number of hydrogen-bond donors (Lipinski definition) is 1. The van der Waals surface area contributed by atoms with Gasteiger partial charge in [0.25, 0.3) is 5.91 Å². The maximum Gasteiger partial charge on any atom is 0.255 e. The second kappa shape index (κ2) is 7.62. The number of carbonyl (C=O) groups is 2. The Kier molecular flexibility index (Phi) is 5.40. The molecule has 0 saturated carbocycles. The molecule has 0 fully saturated rings. The molecule has 1 N–H and O–H groups in total. The summed E-state index contributed by atoms with van der Waals surface area (Å²) in [5.41, 5.74) is 0.883. The fraction of sp³-hybridized carbons (Fsp3) is 0.364. The van der Waals surface area contributed by atoms with Gasteiger partial charge in [0.2, 0.25) is 5.91 Å². The van der Waals surface area contributed by atoms with Gasteiger partial charge in [0.1, 0.15) is 18.2 Å². The predicted octanol–water partition coefficient (Wildman–Crippen LogP) is 4.49. The van der Waals surface area contributed by atoms with E-state index in [0.717, 1.165) is 0 Å². The van der Waals surface area contributed by atoms with Crippen molar-refractivity contribution in [2.24, 2.45) is 11.3 Å². The fourth-order valence-electron chi connectivity index (χ4n) is 3.07. The molecule has 28 heavy (non-hydrogen) atoms. The monoisotopic (exact) mass is 384 g/mol. The molecule has 0 bridgehead atoms. The number of benzene rings is 2. The van der Waals surface area contributed by atoms with Crippen LogP contribution in [0.3, 0.4) is 0 Å². The number of rotatable bonds is 4. The zero-order valence-electron chi connectivity index (χ0n) is 16.6. The summed E-state index contributed by atoms with van der Waals surface area (Å²) in [6, 6.07) is 10.6. The predicted molar refractivity (Wildman–Crippen MR) is 107 cm³/mol. The number of carbonyl (C=O) groups excluding carboxylic acids is 2. The first-order chi connectivity index (χ1) is 13.2. The summed E-state index contributed by atoms with van der Waals surface area (Å²) >= 11 is 0. The Bertz CT molecular complexity index is 891. The van der Waals surface area contributed by atoms with E-state index in [1.165, 1.54) is 24.3 Å². The van der Waals surface area contributed by atoms with Crippen LogP contribution >= 0.6 is 0 Å². The highest BCUT2D eigenvalue weighted by atomic mass is 19.1. The number of nitrogens with one attached hydrogen (secondary N) is 1. The molecular weight excluding hydrogens is 359 g/mol. The van der Waals surface area contributed by atoms with Gasteiger partial charge >= 0.3 is 0 Å². The van der Waals surface area contributed by atoms with Crippen molar-refractivity contribution in [2.45, 2.75) is 27.7 Å². The van der Waals surface area contributed by atoms with E-state index in [-0.39, 0.29) is 24.3 Å². The third-order valence-electron chi connectivity index (χ3n) is 4.57. The van der Waals surface area contributed by atoms with Gasteiger partial charge in [-0.2, -0.15) is 0 Å². The molecule has 2 amide bonds. The molecule has 0 unspecified atom stereocenters. The first-order valence-electron chi connectivity index (χ1n) is 9.33. The maximum atomic E-state index is 13.1. The average Bonchev–Trinajstić information content (AvgIpc) is 2.72. The Morgan fingerprint density at radius 2 is 1.89 bits per heavy atom. The van der Waals surface area contributed by atoms with Crippen LogP contribution in [0.5, 0.6) is 5.75 Å². The van der Waals surface area contributed by atoms with Crippen molar-refractivity contribution in [3.63, 3.8) is 0 Å². The zero-order valence-corrected chi connectivity index (χ0v) is 16.6. The van der Waals surface area contributed by atoms with Crippen molar-refractivity contribution in [1.82, 2.24) is 0 Å². The van der Waals surface area contributed by atoms with E-state index in [4.69, 9.17) is 4.74 Å². The van der Waals surface area contributed by atoms with Gasteiger partial charge in [-0.3, -0.25) is 9.59 Å². The third kappa shape index (κ3) is 4.16. The summed E-state index contributed by atoms with van der Waals surface area (Å²) in [5.74, 6) is 0.116. The molecule has 2 aromatic rings. The van der Waals surface area contributed by atoms with Gasteiger partial charge in [-0.15, -0.1) is 0 Å². The lowest BCUT2D eigenvalue weighted by Crippen LogP contribution is -2.43. The van der Waals surface area contributed by atoms with Crippen LogP contribution in [0, 0.1) is 17.2 Å². The number of fused-ring (bicyclic) bond motifs is 1. The first-order valence-corrected chi connectivity index (χ1v) is 9.33. The lowest BCUT2D eigenvalue weighted by Gasteiger charge is -2.29. The second-order valence-corrected chi connectivity index (χ2v) is 8.13.